The van der Waals surface area contributed by atoms with Gasteiger partial charge in [-0.1, -0.05) is 18.2 Å². The molecule has 1 N–H and O–H groups in total. The first-order valence-electron chi connectivity index (χ1n) is 6.70. The fraction of sp³-hybridized carbons (Fsp3) is 0.375. The molecule has 0 bridgehead atoms. The molecule has 100 valence electrons. The van der Waals surface area contributed by atoms with Gasteiger partial charge in [0.25, 0.3) is 0 Å². The molecule has 1 aromatic carbocycles. The fourth-order valence-corrected chi connectivity index (χ4v) is 2.25. The Labute approximate surface area is 115 Å². The largest absolute Gasteiger partial charge is 0.370 e. The monoisotopic (exact) mass is 255 g/mol. The topological polar surface area (TPSA) is 37.8 Å². The van der Waals surface area contributed by atoms with Gasteiger partial charge in [0.15, 0.2) is 5.82 Å². The molecule has 0 atom stereocenters. The Bertz CT molecular complexity index is 583. The van der Waals surface area contributed by atoms with Crippen LogP contribution in [0.2, 0.25) is 0 Å². The molecule has 2 aromatic rings. The number of hydrogen-bond donors (Lipinski definition) is 1. The minimum atomic E-state index is 0.814. The molecule has 0 saturated heterocycles. The molecule has 0 aliphatic heterocycles. The van der Waals surface area contributed by atoms with Gasteiger partial charge < -0.3 is 5.32 Å². The van der Waals surface area contributed by atoms with Gasteiger partial charge in [-0.15, -0.1) is 0 Å². The molecule has 0 spiro atoms. The van der Waals surface area contributed by atoms with Crippen LogP contribution in [0.3, 0.4) is 0 Å². The van der Waals surface area contributed by atoms with Gasteiger partial charge in [-0.25, -0.2) is 9.97 Å². The highest BCUT2D eigenvalue weighted by Gasteiger charge is 2.12. The lowest BCUT2D eigenvalue weighted by Gasteiger charge is -2.13. The quantitative estimate of drug-likeness (QED) is 0.906. The van der Waals surface area contributed by atoms with Crippen molar-refractivity contribution in [3.63, 3.8) is 0 Å². The smallest absolute Gasteiger partial charge is 0.162 e. The number of hydrogen-bond acceptors (Lipinski definition) is 3. The maximum absolute atomic E-state index is 4.69. The summed E-state index contributed by atoms with van der Waals surface area (Å²) in [7, 11) is 0. The summed E-state index contributed by atoms with van der Waals surface area (Å²) >= 11 is 0. The van der Waals surface area contributed by atoms with Crippen molar-refractivity contribution in [2.75, 3.05) is 11.9 Å². The Morgan fingerprint density at radius 1 is 1.00 bits per heavy atom. The van der Waals surface area contributed by atoms with E-state index in [0.29, 0.717) is 0 Å². The van der Waals surface area contributed by atoms with Crippen LogP contribution < -0.4 is 5.32 Å². The summed E-state index contributed by atoms with van der Waals surface area (Å²) < 4.78 is 0. The van der Waals surface area contributed by atoms with Crippen LogP contribution in [0.4, 0.5) is 5.82 Å². The molecule has 19 heavy (non-hydrogen) atoms. The first kappa shape index (κ1) is 13.5. The van der Waals surface area contributed by atoms with Crippen molar-refractivity contribution in [2.45, 2.75) is 34.6 Å². The number of aromatic nitrogens is 2. The van der Waals surface area contributed by atoms with Crippen LogP contribution in [0.5, 0.6) is 0 Å². The molecule has 0 radical (unpaired) electrons. The Balaban J connectivity index is 2.63. The van der Waals surface area contributed by atoms with Gasteiger partial charge in [-0.3, -0.25) is 0 Å². The van der Waals surface area contributed by atoms with Crippen molar-refractivity contribution in [2.24, 2.45) is 0 Å². The van der Waals surface area contributed by atoms with Crippen LogP contribution in [0.25, 0.3) is 11.4 Å². The predicted octanol–water partition coefficient (Wildman–Crippen LogP) is 3.81. The van der Waals surface area contributed by atoms with E-state index in [0.717, 1.165) is 35.0 Å². The minimum absolute atomic E-state index is 0.814. The van der Waals surface area contributed by atoms with Gasteiger partial charge in [0, 0.05) is 23.4 Å². The third-order valence-corrected chi connectivity index (χ3v) is 3.44. The second-order valence-electron chi connectivity index (χ2n) is 4.90. The highest BCUT2D eigenvalue weighted by Crippen LogP contribution is 2.27. The standard InChI is InChI=1S/C16H21N3/c1-6-17-15-12(4)13(5)18-16(19-15)14-10(2)8-7-9-11(14)3/h7-9H,6H2,1-5H3,(H,17,18,19). The van der Waals surface area contributed by atoms with Crippen molar-refractivity contribution in [1.82, 2.24) is 9.97 Å². The average Bonchev–Trinajstić information content (AvgIpc) is 2.35. The molecular formula is C16H21N3. The number of aryl methyl sites for hydroxylation is 3. The van der Waals surface area contributed by atoms with E-state index in [4.69, 9.17) is 4.98 Å². The zero-order chi connectivity index (χ0) is 14.0. The number of anilines is 1. The highest BCUT2D eigenvalue weighted by molar-refractivity contribution is 5.66. The second-order valence-corrected chi connectivity index (χ2v) is 4.90. The maximum atomic E-state index is 4.69. The number of nitrogens with one attached hydrogen (secondary N) is 1. The molecule has 0 aliphatic rings. The Hall–Kier alpha value is -1.90. The van der Waals surface area contributed by atoms with E-state index in [1.165, 1.54) is 11.1 Å². The summed E-state index contributed by atoms with van der Waals surface area (Å²) in [5.41, 5.74) is 5.72. The van der Waals surface area contributed by atoms with Crippen LogP contribution in [-0.2, 0) is 0 Å². The Morgan fingerprint density at radius 2 is 1.63 bits per heavy atom. The molecule has 3 nitrogen and oxygen atoms in total. The summed E-state index contributed by atoms with van der Waals surface area (Å²) in [6, 6.07) is 6.28. The van der Waals surface area contributed by atoms with Gasteiger partial charge in [0.05, 0.1) is 0 Å². The zero-order valence-corrected chi connectivity index (χ0v) is 12.3. The molecule has 3 heteroatoms. The molecule has 0 aliphatic carbocycles. The third kappa shape index (κ3) is 2.60. The molecule has 2 rings (SSSR count). The first-order chi connectivity index (χ1) is 9.04. The maximum Gasteiger partial charge on any atom is 0.162 e. The lowest BCUT2D eigenvalue weighted by molar-refractivity contribution is 1.04. The van der Waals surface area contributed by atoms with Crippen LogP contribution in [0.1, 0.15) is 29.3 Å². The van der Waals surface area contributed by atoms with Gasteiger partial charge >= 0.3 is 0 Å². The van der Waals surface area contributed by atoms with Crippen molar-refractivity contribution in [3.8, 4) is 11.4 Å². The predicted molar refractivity (Wildman–Crippen MR) is 80.6 cm³/mol. The first-order valence-corrected chi connectivity index (χ1v) is 6.70. The molecular weight excluding hydrogens is 234 g/mol. The Kier molecular flexibility index (Phi) is 3.84. The van der Waals surface area contributed by atoms with Gasteiger partial charge in [0.1, 0.15) is 5.82 Å². The summed E-state index contributed by atoms with van der Waals surface area (Å²) in [5, 5.41) is 3.31. The van der Waals surface area contributed by atoms with E-state index in [1.807, 2.05) is 6.92 Å². The van der Waals surface area contributed by atoms with Crippen LogP contribution in [0.15, 0.2) is 18.2 Å². The molecule has 1 aromatic heterocycles. The molecule has 0 saturated carbocycles. The fourth-order valence-electron chi connectivity index (χ4n) is 2.25. The van der Waals surface area contributed by atoms with Crippen LogP contribution in [-0.4, -0.2) is 16.5 Å². The van der Waals surface area contributed by atoms with E-state index in [-0.39, 0.29) is 0 Å². The van der Waals surface area contributed by atoms with Gasteiger partial charge in [0.2, 0.25) is 0 Å². The van der Waals surface area contributed by atoms with E-state index in [1.54, 1.807) is 0 Å². The third-order valence-electron chi connectivity index (χ3n) is 3.44. The van der Waals surface area contributed by atoms with E-state index < -0.39 is 0 Å². The zero-order valence-electron chi connectivity index (χ0n) is 12.3. The normalized spacial score (nSPS) is 10.6. The van der Waals surface area contributed by atoms with Crippen molar-refractivity contribution in [3.05, 3.63) is 40.6 Å². The Morgan fingerprint density at radius 3 is 2.21 bits per heavy atom. The number of rotatable bonds is 3. The van der Waals surface area contributed by atoms with E-state index in [2.05, 4.69) is 56.2 Å². The molecule has 0 amide bonds. The number of benzene rings is 1. The van der Waals surface area contributed by atoms with Crippen molar-refractivity contribution >= 4 is 5.82 Å². The minimum Gasteiger partial charge on any atom is -0.370 e. The summed E-state index contributed by atoms with van der Waals surface area (Å²) in [4.78, 5) is 9.35. The lowest BCUT2D eigenvalue weighted by atomic mass is 10.0. The van der Waals surface area contributed by atoms with Crippen LogP contribution >= 0.6 is 0 Å². The van der Waals surface area contributed by atoms with Crippen molar-refractivity contribution < 1.29 is 0 Å². The second kappa shape index (κ2) is 5.39. The summed E-state index contributed by atoms with van der Waals surface area (Å²) in [6.07, 6.45) is 0. The van der Waals surface area contributed by atoms with Crippen LogP contribution in [0, 0.1) is 27.7 Å². The van der Waals surface area contributed by atoms with Crippen molar-refractivity contribution in [1.29, 1.82) is 0 Å². The number of nitrogens with zero attached hydrogens (tertiary/aromatic N) is 2. The van der Waals surface area contributed by atoms with Gasteiger partial charge in [-0.05, 0) is 45.7 Å². The van der Waals surface area contributed by atoms with Gasteiger partial charge in [-0.2, -0.15) is 0 Å². The molecule has 0 fully saturated rings. The molecule has 1 heterocycles. The summed E-state index contributed by atoms with van der Waals surface area (Å²) in [5.74, 6) is 1.75. The van der Waals surface area contributed by atoms with E-state index >= 15 is 0 Å². The summed E-state index contributed by atoms with van der Waals surface area (Å²) in [6.45, 7) is 11.2. The lowest BCUT2D eigenvalue weighted by Crippen LogP contribution is -2.07. The van der Waals surface area contributed by atoms with E-state index in [9.17, 15) is 0 Å². The average molecular weight is 255 g/mol. The SMILES string of the molecule is CCNc1nc(-c2c(C)cccc2C)nc(C)c1C. The molecule has 0 unspecified atom stereocenters. The highest BCUT2D eigenvalue weighted by atomic mass is 15.0.